The van der Waals surface area contributed by atoms with Crippen molar-refractivity contribution in [2.75, 3.05) is 6.54 Å². The number of carbonyl (C=O) groups is 2. The van der Waals surface area contributed by atoms with Crippen molar-refractivity contribution in [2.24, 2.45) is 0 Å². The molecule has 0 fully saturated rings. The van der Waals surface area contributed by atoms with Crippen LogP contribution in [0.15, 0.2) is 40.8 Å². The van der Waals surface area contributed by atoms with Gasteiger partial charge in [-0.05, 0) is 5.56 Å². The molecule has 25 heavy (non-hydrogen) atoms. The number of halogens is 3. The van der Waals surface area contributed by atoms with Crippen LogP contribution >= 0.6 is 0 Å². The highest BCUT2D eigenvalue weighted by Gasteiger charge is 2.40. The van der Waals surface area contributed by atoms with Gasteiger partial charge in [0.05, 0.1) is 5.92 Å². The Hall–Kier alpha value is -2.77. The number of rotatable bonds is 6. The minimum Gasteiger partial charge on any atom is -0.478 e. The molecule has 0 aliphatic rings. The third kappa shape index (κ3) is 4.40. The molecule has 0 radical (unpaired) electrons. The number of aromatic carboxylic acids is 1. The molecule has 1 heterocycles. The van der Waals surface area contributed by atoms with Gasteiger partial charge in [-0.3, -0.25) is 4.79 Å². The fraction of sp³-hybridized carbons (Fsp3) is 0.294. The summed E-state index contributed by atoms with van der Waals surface area (Å²) in [5.74, 6) is -4.28. The molecule has 0 bridgehead atoms. The van der Waals surface area contributed by atoms with Gasteiger partial charge in [-0.25, -0.2) is 4.79 Å². The predicted molar refractivity (Wildman–Crippen MR) is 82.6 cm³/mol. The fourth-order valence-corrected chi connectivity index (χ4v) is 2.37. The maximum atomic E-state index is 13.2. The molecule has 0 aliphatic heterocycles. The number of carboxylic acid groups (broad SMARTS) is 1. The monoisotopic (exact) mass is 355 g/mol. The first kappa shape index (κ1) is 18.6. The van der Waals surface area contributed by atoms with Crippen molar-refractivity contribution in [1.82, 2.24) is 5.32 Å². The van der Waals surface area contributed by atoms with Crippen molar-refractivity contribution < 1.29 is 32.3 Å². The summed E-state index contributed by atoms with van der Waals surface area (Å²) in [5, 5.41) is 11.2. The third-order valence-corrected chi connectivity index (χ3v) is 3.65. The lowest BCUT2D eigenvalue weighted by Crippen LogP contribution is -2.35. The summed E-state index contributed by atoms with van der Waals surface area (Å²) in [6, 6.07) is 8.23. The molecule has 5 nitrogen and oxygen atoms in total. The summed E-state index contributed by atoms with van der Waals surface area (Å²) in [5.41, 5.74) is -0.154. The summed E-state index contributed by atoms with van der Waals surface area (Å²) < 4.78 is 44.8. The first-order chi connectivity index (χ1) is 11.7. The lowest BCUT2D eigenvalue weighted by molar-refractivity contribution is -0.149. The summed E-state index contributed by atoms with van der Waals surface area (Å²) in [7, 11) is 0. The van der Waals surface area contributed by atoms with Gasteiger partial charge in [-0.1, -0.05) is 37.3 Å². The van der Waals surface area contributed by atoms with E-state index in [0.717, 1.165) is 6.07 Å². The van der Waals surface area contributed by atoms with Crippen LogP contribution in [0.25, 0.3) is 0 Å². The number of hydrogen-bond acceptors (Lipinski definition) is 3. The van der Waals surface area contributed by atoms with Gasteiger partial charge in [0.2, 0.25) is 0 Å². The average molecular weight is 355 g/mol. The van der Waals surface area contributed by atoms with Crippen molar-refractivity contribution in [3.63, 3.8) is 0 Å². The number of carboxylic acids is 1. The Morgan fingerprint density at radius 3 is 2.36 bits per heavy atom. The van der Waals surface area contributed by atoms with E-state index in [9.17, 15) is 22.8 Å². The Morgan fingerprint density at radius 1 is 1.24 bits per heavy atom. The number of benzene rings is 1. The minimum atomic E-state index is -4.54. The van der Waals surface area contributed by atoms with E-state index in [1.807, 2.05) is 0 Å². The molecule has 0 saturated carbocycles. The van der Waals surface area contributed by atoms with Crippen molar-refractivity contribution in [3.05, 3.63) is 59.0 Å². The van der Waals surface area contributed by atoms with Gasteiger partial charge in [-0.15, -0.1) is 0 Å². The maximum absolute atomic E-state index is 13.2. The van der Waals surface area contributed by atoms with Crippen molar-refractivity contribution in [2.45, 2.75) is 25.4 Å². The molecule has 1 aromatic carbocycles. The van der Waals surface area contributed by atoms with E-state index in [1.165, 1.54) is 24.3 Å². The Kier molecular flexibility index (Phi) is 5.51. The van der Waals surface area contributed by atoms with E-state index in [4.69, 9.17) is 9.52 Å². The van der Waals surface area contributed by atoms with E-state index >= 15 is 0 Å². The number of aryl methyl sites for hydroxylation is 1. The van der Waals surface area contributed by atoms with E-state index in [2.05, 4.69) is 5.32 Å². The molecular formula is C17H16F3NO4. The molecule has 8 heteroatoms. The van der Waals surface area contributed by atoms with Gasteiger partial charge in [0, 0.05) is 19.0 Å². The largest absolute Gasteiger partial charge is 0.478 e. The van der Waals surface area contributed by atoms with Crippen LogP contribution in [0.4, 0.5) is 13.2 Å². The molecule has 1 atom stereocenters. The van der Waals surface area contributed by atoms with Gasteiger partial charge in [0.1, 0.15) is 11.3 Å². The fourth-order valence-electron chi connectivity index (χ4n) is 2.37. The van der Waals surface area contributed by atoms with E-state index < -0.39 is 30.5 Å². The Labute approximate surface area is 141 Å². The lowest BCUT2D eigenvalue weighted by atomic mass is 9.98. The summed E-state index contributed by atoms with van der Waals surface area (Å²) in [6.07, 6.45) is -4.30. The van der Waals surface area contributed by atoms with Crippen LogP contribution in [0.2, 0.25) is 0 Å². The van der Waals surface area contributed by atoms with E-state index in [-0.39, 0.29) is 29.1 Å². The zero-order valence-electron chi connectivity index (χ0n) is 13.3. The molecular weight excluding hydrogens is 339 g/mol. The van der Waals surface area contributed by atoms with Crippen molar-refractivity contribution in [3.8, 4) is 0 Å². The predicted octanol–water partition coefficient (Wildman–Crippen LogP) is 3.62. The molecule has 0 saturated heterocycles. The quantitative estimate of drug-likeness (QED) is 0.830. The summed E-state index contributed by atoms with van der Waals surface area (Å²) in [6.45, 7) is 0.957. The second-order valence-corrected chi connectivity index (χ2v) is 5.32. The smallest absolute Gasteiger partial charge is 0.397 e. The first-order valence-electron chi connectivity index (χ1n) is 7.49. The molecule has 1 aromatic heterocycles. The zero-order chi connectivity index (χ0) is 18.6. The highest BCUT2D eigenvalue weighted by molar-refractivity contribution is 5.96. The SMILES string of the molecule is CCc1oc(C(=O)NCC(c2ccccc2)C(F)(F)F)cc1C(=O)O. The summed E-state index contributed by atoms with van der Waals surface area (Å²) >= 11 is 0. The van der Waals surface area contributed by atoms with Crippen molar-refractivity contribution in [1.29, 1.82) is 0 Å². The maximum Gasteiger partial charge on any atom is 0.397 e. The molecule has 2 aromatic rings. The van der Waals surface area contributed by atoms with Gasteiger partial charge < -0.3 is 14.8 Å². The van der Waals surface area contributed by atoms with Gasteiger partial charge in [0.25, 0.3) is 5.91 Å². The number of furan rings is 1. The molecule has 1 amide bonds. The van der Waals surface area contributed by atoms with E-state index in [1.54, 1.807) is 13.0 Å². The van der Waals surface area contributed by atoms with Crippen LogP contribution in [0, 0.1) is 0 Å². The van der Waals surface area contributed by atoms with E-state index in [0.29, 0.717) is 0 Å². The number of carbonyl (C=O) groups excluding carboxylic acids is 1. The minimum absolute atomic E-state index is 0.0233. The normalized spacial score (nSPS) is 12.6. The number of hydrogen-bond donors (Lipinski definition) is 2. The number of amides is 1. The van der Waals surface area contributed by atoms with Gasteiger partial charge >= 0.3 is 12.1 Å². The van der Waals surface area contributed by atoms with Crippen LogP contribution in [0.5, 0.6) is 0 Å². The standard InChI is InChI=1S/C17H16F3NO4/c1-2-13-11(16(23)24)8-14(25-13)15(22)21-9-12(17(18,19)20)10-6-4-3-5-7-10/h3-8,12H,2,9H2,1H3,(H,21,22)(H,23,24). The third-order valence-electron chi connectivity index (χ3n) is 3.65. The molecule has 134 valence electrons. The Morgan fingerprint density at radius 2 is 1.88 bits per heavy atom. The second-order valence-electron chi connectivity index (χ2n) is 5.32. The van der Waals surface area contributed by atoms with Gasteiger partial charge in [0.15, 0.2) is 5.76 Å². The first-order valence-corrected chi connectivity index (χ1v) is 7.49. The number of nitrogens with one attached hydrogen (secondary N) is 1. The van der Waals surface area contributed by atoms with Crippen LogP contribution in [-0.4, -0.2) is 29.7 Å². The molecule has 1 unspecified atom stereocenters. The summed E-state index contributed by atoms with van der Waals surface area (Å²) in [4.78, 5) is 23.1. The van der Waals surface area contributed by atoms with Crippen LogP contribution in [0.1, 0.15) is 45.1 Å². The Bertz CT molecular complexity index is 753. The van der Waals surface area contributed by atoms with Crippen LogP contribution in [0.3, 0.4) is 0 Å². The average Bonchev–Trinajstić information content (AvgIpc) is 2.99. The lowest BCUT2D eigenvalue weighted by Gasteiger charge is -2.20. The topological polar surface area (TPSA) is 79.5 Å². The highest BCUT2D eigenvalue weighted by atomic mass is 19.4. The molecule has 0 spiro atoms. The van der Waals surface area contributed by atoms with Crippen molar-refractivity contribution >= 4 is 11.9 Å². The van der Waals surface area contributed by atoms with Crippen LogP contribution in [-0.2, 0) is 6.42 Å². The molecule has 2 N–H and O–H groups in total. The highest BCUT2D eigenvalue weighted by Crippen LogP contribution is 2.34. The number of alkyl halides is 3. The zero-order valence-corrected chi connectivity index (χ0v) is 13.3. The molecule has 0 aliphatic carbocycles. The Balaban J connectivity index is 2.15. The second kappa shape index (κ2) is 7.42. The van der Waals surface area contributed by atoms with Gasteiger partial charge in [-0.2, -0.15) is 13.2 Å². The van der Waals surface area contributed by atoms with Crippen LogP contribution < -0.4 is 5.32 Å². The molecule has 2 rings (SSSR count).